The maximum absolute atomic E-state index is 12.5. The van der Waals surface area contributed by atoms with Crippen LogP contribution < -0.4 is 0 Å². The number of aromatic nitrogens is 1. The number of carbonyl (C=O) groups is 1. The van der Waals surface area contributed by atoms with E-state index in [4.69, 9.17) is 11.6 Å². The lowest BCUT2D eigenvalue weighted by atomic mass is 10.2. The van der Waals surface area contributed by atoms with E-state index in [0.29, 0.717) is 16.8 Å². The molecule has 3 rings (SSSR count). The van der Waals surface area contributed by atoms with Gasteiger partial charge in [-0.05, 0) is 38.7 Å². The van der Waals surface area contributed by atoms with E-state index in [1.165, 1.54) is 0 Å². The number of nitrogens with zero attached hydrogens (tertiary/aromatic N) is 2. The first-order chi connectivity index (χ1) is 9.54. The van der Waals surface area contributed by atoms with Gasteiger partial charge in [0.25, 0.3) is 5.91 Å². The minimum Gasteiger partial charge on any atom is -0.350 e. The predicted molar refractivity (Wildman–Crippen MR) is 81.3 cm³/mol. The summed E-state index contributed by atoms with van der Waals surface area (Å²) in [5.74, 6) is 0.0710. The normalized spacial score (nSPS) is 19.2. The zero-order valence-corrected chi connectivity index (χ0v) is 12.4. The molecule has 4 nitrogen and oxygen atoms in total. The third-order valence-electron chi connectivity index (χ3n) is 4.00. The Labute approximate surface area is 123 Å². The third kappa shape index (κ3) is 2.41. The number of aromatic amines is 1. The van der Waals surface area contributed by atoms with Gasteiger partial charge in [0.15, 0.2) is 0 Å². The van der Waals surface area contributed by atoms with E-state index < -0.39 is 0 Å². The molecule has 0 unspecified atom stereocenters. The Morgan fingerprint density at radius 3 is 2.90 bits per heavy atom. The molecule has 1 aliphatic rings. The lowest BCUT2D eigenvalue weighted by Gasteiger charge is -2.20. The average molecular weight is 292 g/mol. The molecule has 0 aliphatic carbocycles. The highest BCUT2D eigenvalue weighted by molar-refractivity contribution is 6.31. The highest BCUT2D eigenvalue weighted by Gasteiger charge is 2.28. The first-order valence-corrected chi connectivity index (χ1v) is 7.16. The second-order valence-electron chi connectivity index (χ2n) is 5.57. The molecule has 2 heterocycles. The molecule has 1 aromatic heterocycles. The second kappa shape index (κ2) is 5.11. The molecule has 2 aromatic rings. The van der Waals surface area contributed by atoms with Crippen molar-refractivity contribution in [3.8, 4) is 0 Å². The molecule has 1 N–H and O–H groups in total. The van der Waals surface area contributed by atoms with Crippen molar-refractivity contribution < 1.29 is 4.79 Å². The van der Waals surface area contributed by atoms with E-state index in [2.05, 4.69) is 24.0 Å². The number of amides is 1. The van der Waals surface area contributed by atoms with Crippen LogP contribution in [0.2, 0.25) is 5.02 Å². The summed E-state index contributed by atoms with van der Waals surface area (Å²) < 4.78 is 0. The lowest BCUT2D eigenvalue weighted by molar-refractivity contribution is 0.0778. The van der Waals surface area contributed by atoms with Crippen LogP contribution in [0.5, 0.6) is 0 Å². The van der Waals surface area contributed by atoms with Crippen LogP contribution >= 0.6 is 11.6 Å². The Morgan fingerprint density at radius 1 is 1.40 bits per heavy atom. The maximum Gasteiger partial charge on any atom is 0.270 e. The quantitative estimate of drug-likeness (QED) is 0.924. The number of benzene rings is 1. The van der Waals surface area contributed by atoms with Crippen LogP contribution in [0.3, 0.4) is 0 Å². The number of nitrogens with one attached hydrogen (secondary N) is 1. The van der Waals surface area contributed by atoms with Crippen molar-refractivity contribution in [3.63, 3.8) is 0 Å². The summed E-state index contributed by atoms with van der Waals surface area (Å²) in [6, 6.07) is 7.97. The van der Waals surface area contributed by atoms with E-state index >= 15 is 0 Å². The topological polar surface area (TPSA) is 39.3 Å². The molecule has 1 aromatic carbocycles. The van der Waals surface area contributed by atoms with E-state index in [1.54, 1.807) is 0 Å². The lowest BCUT2D eigenvalue weighted by Crippen LogP contribution is -2.34. The Balaban J connectivity index is 1.82. The highest BCUT2D eigenvalue weighted by Crippen LogP contribution is 2.22. The molecular formula is C15H18ClN3O. The Kier molecular flexibility index (Phi) is 3.44. The third-order valence-corrected chi connectivity index (χ3v) is 4.23. The Hall–Kier alpha value is -1.52. The zero-order valence-electron chi connectivity index (χ0n) is 11.7. The number of H-pyrrole nitrogens is 1. The summed E-state index contributed by atoms with van der Waals surface area (Å²) in [6.07, 6.45) is 1.03. The summed E-state index contributed by atoms with van der Waals surface area (Å²) in [5, 5.41) is 1.69. The number of likely N-dealkylation sites (tertiary alicyclic amines) is 1. The van der Waals surface area contributed by atoms with Crippen LogP contribution in [-0.2, 0) is 0 Å². The Morgan fingerprint density at radius 2 is 2.20 bits per heavy atom. The number of halogens is 1. The molecule has 20 heavy (non-hydrogen) atoms. The molecule has 1 aliphatic heterocycles. The summed E-state index contributed by atoms with van der Waals surface area (Å²) >= 11 is 5.97. The van der Waals surface area contributed by atoms with Gasteiger partial charge in [-0.3, -0.25) is 4.79 Å². The van der Waals surface area contributed by atoms with Crippen molar-refractivity contribution in [2.45, 2.75) is 12.5 Å². The van der Waals surface area contributed by atoms with E-state index in [-0.39, 0.29) is 5.91 Å². The maximum atomic E-state index is 12.5. The van der Waals surface area contributed by atoms with Gasteiger partial charge in [0.05, 0.1) is 0 Å². The number of likely N-dealkylation sites (N-methyl/N-ethyl adjacent to an activating group) is 1. The minimum atomic E-state index is 0.0710. The molecule has 5 heteroatoms. The van der Waals surface area contributed by atoms with Crippen LogP contribution in [0, 0.1) is 0 Å². The van der Waals surface area contributed by atoms with Gasteiger partial charge in [-0.25, -0.2) is 0 Å². The van der Waals surface area contributed by atoms with Gasteiger partial charge in [0.1, 0.15) is 5.69 Å². The van der Waals surface area contributed by atoms with Crippen molar-refractivity contribution >= 4 is 28.4 Å². The molecule has 0 spiro atoms. The summed E-state index contributed by atoms with van der Waals surface area (Å²) in [7, 11) is 4.12. The first kappa shape index (κ1) is 13.5. The fraction of sp³-hybridized carbons (Fsp3) is 0.400. The van der Waals surface area contributed by atoms with Crippen LogP contribution in [0.1, 0.15) is 16.9 Å². The van der Waals surface area contributed by atoms with Crippen molar-refractivity contribution in [2.75, 3.05) is 27.2 Å². The van der Waals surface area contributed by atoms with Crippen molar-refractivity contribution in [3.05, 3.63) is 35.0 Å². The van der Waals surface area contributed by atoms with Gasteiger partial charge in [0, 0.05) is 35.1 Å². The summed E-state index contributed by atoms with van der Waals surface area (Å²) in [6.45, 7) is 1.61. The minimum absolute atomic E-state index is 0.0710. The van der Waals surface area contributed by atoms with Gasteiger partial charge in [-0.2, -0.15) is 0 Å². The SMILES string of the molecule is CN(C)[C@H]1CCN(C(=O)c2cc3ccc(Cl)cc3[nH]2)C1. The molecule has 0 saturated carbocycles. The monoisotopic (exact) mass is 291 g/mol. The van der Waals surface area contributed by atoms with Crippen molar-refractivity contribution in [2.24, 2.45) is 0 Å². The number of fused-ring (bicyclic) bond motifs is 1. The number of carbonyl (C=O) groups excluding carboxylic acids is 1. The zero-order chi connectivity index (χ0) is 14.3. The van der Waals surface area contributed by atoms with Crippen LogP contribution in [0.25, 0.3) is 10.9 Å². The van der Waals surface area contributed by atoms with Gasteiger partial charge >= 0.3 is 0 Å². The molecule has 1 saturated heterocycles. The molecule has 106 valence electrons. The van der Waals surface area contributed by atoms with Crippen LogP contribution in [-0.4, -0.2) is 53.9 Å². The molecule has 0 bridgehead atoms. The standard InChI is InChI=1S/C15H18ClN3O/c1-18(2)12-5-6-19(9-12)15(20)14-7-10-3-4-11(16)8-13(10)17-14/h3-4,7-8,12,17H,5-6,9H2,1-2H3/t12-/m0/s1. The largest absolute Gasteiger partial charge is 0.350 e. The summed E-state index contributed by atoms with van der Waals surface area (Å²) in [4.78, 5) is 19.8. The van der Waals surface area contributed by atoms with Gasteiger partial charge in [0.2, 0.25) is 0 Å². The number of hydrogen-bond donors (Lipinski definition) is 1. The molecule has 1 amide bonds. The van der Waals surface area contributed by atoms with E-state index in [0.717, 1.165) is 30.4 Å². The highest BCUT2D eigenvalue weighted by atomic mass is 35.5. The smallest absolute Gasteiger partial charge is 0.270 e. The van der Waals surface area contributed by atoms with E-state index in [1.807, 2.05) is 29.2 Å². The van der Waals surface area contributed by atoms with Crippen molar-refractivity contribution in [1.82, 2.24) is 14.8 Å². The first-order valence-electron chi connectivity index (χ1n) is 6.78. The number of rotatable bonds is 2. The van der Waals surface area contributed by atoms with Crippen molar-refractivity contribution in [1.29, 1.82) is 0 Å². The summed E-state index contributed by atoms with van der Waals surface area (Å²) in [5.41, 5.74) is 1.55. The van der Waals surface area contributed by atoms with Gasteiger partial charge in [-0.1, -0.05) is 17.7 Å². The van der Waals surface area contributed by atoms with Gasteiger partial charge in [-0.15, -0.1) is 0 Å². The van der Waals surface area contributed by atoms with E-state index in [9.17, 15) is 4.79 Å². The van der Waals surface area contributed by atoms with Crippen LogP contribution in [0.15, 0.2) is 24.3 Å². The average Bonchev–Trinajstić information content (AvgIpc) is 3.03. The fourth-order valence-electron chi connectivity index (χ4n) is 2.73. The molecule has 1 fully saturated rings. The second-order valence-corrected chi connectivity index (χ2v) is 6.01. The molecular weight excluding hydrogens is 274 g/mol. The predicted octanol–water partition coefficient (Wildman–Crippen LogP) is 2.60. The molecule has 1 atom stereocenters. The van der Waals surface area contributed by atoms with Gasteiger partial charge < -0.3 is 14.8 Å². The molecule has 0 radical (unpaired) electrons. The number of hydrogen-bond acceptors (Lipinski definition) is 2. The van der Waals surface area contributed by atoms with Crippen LogP contribution in [0.4, 0.5) is 0 Å². The fourth-order valence-corrected chi connectivity index (χ4v) is 2.90. The Bertz CT molecular complexity index is 650.